The number of nitrogen functional groups attached to an aromatic ring is 1. The van der Waals surface area contributed by atoms with Crippen molar-refractivity contribution >= 4 is 28.9 Å². The molecule has 6 heteroatoms. The van der Waals surface area contributed by atoms with Crippen molar-refractivity contribution in [1.82, 2.24) is 15.2 Å². The fraction of sp³-hybridized carbons (Fsp3) is 0.125. The van der Waals surface area contributed by atoms with Gasteiger partial charge in [-0.25, -0.2) is 4.98 Å². The second kappa shape index (κ2) is 4.39. The first-order chi connectivity index (χ1) is 6.84. The molecule has 0 unspecified atom stereocenters. The molecule has 0 spiro atoms. The number of anilines is 1. The van der Waals surface area contributed by atoms with Gasteiger partial charge in [-0.05, 0) is 17.7 Å². The van der Waals surface area contributed by atoms with Crippen molar-refractivity contribution in [2.45, 2.75) is 10.1 Å². The summed E-state index contributed by atoms with van der Waals surface area (Å²) in [7, 11) is 0. The standard InChI is InChI=1S/C8H8N4S2/c9-7-3-6(1-2-10-7)4-13-8-12-11-5-14-8/h1-3,5H,4H2,(H2,9,10). The van der Waals surface area contributed by atoms with E-state index in [2.05, 4.69) is 15.2 Å². The molecular weight excluding hydrogens is 216 g/mol. The quantitative estimate of drug-likeness (QED) is 0.805. The molecule has 0 aliphatic rings. The van der Waals surface area contributed by atoms with Crippen LogP contribution in [0.2, 0.25) is 0 Å². The van der Waals surface area contributed by atoms with E-state index in [1.165, 1.54) is 0 Å². The molecular formula is C8H8N4S2. The zero-order valence-corrected chi connectivity index (χ0v) is 8.88. The molecule has 14 heavy (non-hydrogen) atoms. The Hall–Kier alpha value is -1.14. The molecule has 0 aromatic carbocycles. The second-order valence-corrected chi connectivity index (χ2v) is 4.64. The van der Waals surface area contributed by atoms with Crippen molar-refractivity contribution < 1.29 is 0 Å². The molecule has 2 aromatic rings. The molecule has 0 aliphatic carbocycles. The van der Waals surface area contributed by atoms with Crippen molar-refractivity contribution in [3.05, 3.63) is 29.4 Å². The van der Waals surface area contributed by atoms with E-state index in [9.17, 15) is 0 Å². The van der Waals surface area contributed by atoms with Crippen molar-refractivity contribution in [2.24, 2.45) is 0 Å². The van der Waals surface area contributed by atoms with Gasteiger partial charge in [0.1, 0.15) is 11.3 Å². The third kappa shape index (κ3) is 2.43. The van der Waals surface area contributed by atoms with Crippen LogP contribution < -0.4 is 5.73 Å². The average molecular weight is 224 g/mol. The maximum atomic E-state index is 5.56. The van der Waals surface area contributed by atoms with Crippen molar-refractivity contribution in [2.75, 3.05) is 5.73 Å². The van der Waals surface area contributed by atoms with Crippen LogP contribution in [0.15, 0.2) is 28.2 Å². The Bertz CT molecular complexity index is 401. The van der Waals surface area contributed by atoms with Gasteiger partial charge in [-0.2, -0.15) is 0 Å². The number of thioether (sulfide) groups is 1. The summed E-state index contributed by atoms with van der Waals surface area (Å²) in [6.07, 6.45) is 1.71. The summed E-state index contributed by atoms with van der Waals surface area (Å²) in [6, 6.07) is 3.82. The van der Waals surface area contributed by atoms with Gasteiger partial charge in [-0.3, -0.25) is 0 Å². The predicted octanol–water partition coefficient (Wildman–Crippen LogP) is 1.81. The lowest BCUT2D eigenvalue weighted by atomic mass is 10.3. The molecule has 0 aliphatic heterocycles. The number of pyridine rings is 1. The summed E-state index contributed by atoms with van der Waals surface area (Å²) in [5, 5.41) is 7.70. The van der Waals surface area contributed by atoms with Gasteiger partial charge in [0.25, 0.3) is 0 Å². The van der Waals surface area contributed by atoms with E-state index in [-0.39, 0.29) is 0 Å². The summed E-state index contributed by atoms with van der Waals surface area (Å²) >= 11 is 3.19. The number of hydrogen-bond acceptors (Lipinski definition) is 6. The normalized spacial score (nSPS) is 10.3. The highest BCUT2D eigenvalue weighted by atomic mass is 32.2. The number of nitrogens with two attached hydrogens (primary N) is 1. The van der Waals surface area contributed by atoms with Gasteiger partial charge in [0.15, 0.2) is 4.34 Å². The molecule has 0 saturated carbocycles. The maximum absolute atomic E-state index is 5.56. The van der Waals surface area contributed by atoms with Gasteiger partial charge >= 0.3 is 0 Å². The summed E-state index contributed by atoms with van der Waals surface area (Å²) in [4.78, 5) is 3.93. The number of nitrogens with zero attached hydrogens (tertiary/aromatic N) is 3. The van der Waals surface area contributed by atoms with E-state index in [1.807, 2.05) is 12.1 Å². The lowest BCUT2D eigenvalue weighted by molar-refractivity contribution is 1.01. The Morgan fingerprint density at radius 2 is 2.43 bits per heavy atom. The highest BCUT2D eigenvalue weighted by Crippen LogP contribution is 2.23. The van der Waals surface area contributed by atoms with Crippen molar-refractivity contribution in [3.63, 3.8) is 0 Å². The smallest absolute Gasteiger partial charge is 0.174 e. The first-order valence-electron chi connectivity index (χ1n) is 3.94. The topological polar surface area (TPSA) is 64.7 Å². The molecule has 0 bridgehead atoms. The Morgan fingerprint density at radius 3 is 3.14 bits per heavy atom. The molecule has 2 heterocycles. The van der Waals surface area contributed by atoms with Gasteiger partial charge in [0.2, 0.25) is 0 Å². The monoisotopic (exact) mass is 224 g/mol. The molecule has 0 amide bonds. The molecule has 72 valence electrons. The summed E-state index contributed by atoms with van der Waals surface area (Å²) in [5.41, 5.74) is 8.44. The van der Waals surface area contributed by atoms with E-state index in [0.717, 1.165) is 15.7 Å². The van der Waals surface area contributed by atoms with E-state index < -0.39 is 0 Å². The van der Waals surface area contributed by atoms with Gasteiger partial charge in [0, 0.05) is 11.9 Å². The van der Waals surface area contributed by atoms with Gasteiger partial charge in [-0.1, -0.05) is 23.1 Å². The minimum absolute atomic E-state index is 0.556. The zero-order valence-electron chi connectivity index (χ0n) is 7.25. The SMILES string of the molecule is Nc1cc(CSc2nncs2)ccn1. The Morgan fingerprint density at radius 1 is 1.50 bits per heavy atom. The predicted molar refractivity (Wildman–Crippen MR) is 58.1 cm³/mol. The van der Waals surface area contributed by atoms with Crippen molar-refractivity contribution in [1.29, 1.82) is 0 Å². The number of rotatable bonds is 3. The van der Waals surface area contributed by atoms with E-state index in [4.69, 9.17) is 5.73 Å². The third-order valence-electron chi connectivity index (χ3n) is 1.55. The summed E-state index contributed by atoms with van der Waals surface area (Å²) in [6.45, 7) is 0. The largest absolute Gasteiger partial charge is 0.384 e. The molecule has 0 fully saturated rings. The lowest BCUT2D eigenvalue weighted by Crippen LogP contribution is -1.90. The fourth-order valence-corrected chi connectivity index (χ4v) is 2.39. The average Bonchev–Trinajstić information content (AvgIpc) is 2.67. The number of aromatic nitrogens is 3. The van der Waals surface area contributed by atoms with Crippen LogP contribution in [0.3, 0.4) is 0 Å². The highest BCUT2D eigenvalue weighted by molar-refractivity contribution is 8.00. The Balaban J connectivity index is 1.98. The minimum Gasteiger partial charge on any atom is -0.384 e. The summed E-state index contributed by atoms with van der Waals surface area (Å²) < 4.78 is 0.973. The van der Waals surface area contributed by atoms with E-state index in [1.54, 1.807) is 34.8 Å². The van der Waals surface area contributed by atoms with Crippen LogP contribution in [0.4, 0.5) is 5.82 Å². The van der Waals surface area contributed by atoms with Gasteiger partial charge in [-0.15, -0.1) is 10.2 Å². The van der Waals surface area contributed by atoms with Crippen LogP contribution >= 0.6 is 23.1 Å². The molecule has 0 saturated heterocycles. The minimum atomic E-state index is 0.556. The Labute approximate surface area is 89.6 Å². The first-order valence-corrected chi connectivity index (χ1v) is 5.80. The fourth-order valence-electron chi connectivity index (χ4n) is 0.955. The Kier molecular flexibility index (Phi) is 2.95. The second-order valence-electron chi connectivity index (χ2n) is 2.58. The van der Waals surface area contributed by atoms with Crippen LogP contribution in [0.5, 0.6) is 0 Å². The number of hydrogen-bond donors (Lipinski definition) is 1. The molecule has 0 radical (unpaired) electrons. The van der Waals surface area contributed by atoms with E-state index >= 15 is 0 Å². The van der Waals surface area contributed by atoms with Crippen molar-refractivity contribution in [3.8, 4) is 0 Å². The molecule has 4 nitrogen and oxygen atoms in total. The lowest BCUT2D eigenvalue weighted by Gasteiger charge is -1.98. The highest BCUT2D eigenvalue weighted by Gasteiger charge is 1.99. The van der Waals surface area contributed by atoms with Crippen LogP contribution in [-0.4, -0.2) is 15.2 Å². The van der Waals surface area contributed by atoms with Crippen LogP contribution in [0.25, 0.3) is 0 Å². The summed E-state index contributed by atoms with van der Waals surface area (Å²) in [5.74, 6) is 1.41. The maximum Gasteiger partial charge on any atom is 0.174 e. The van der Waals surface area contributed by atoms with Crippen LogP contribution in [0, 0.1) is 0 Å². The molecule has 0 atom stereocenters. The van der Waals surface area contributed by atoms with Gasteiger partial charge in [0.05, 0.1) is 0 Å². The molecule has 2 N–H and O–H groups in total. The van der Waals surface area contributed by atoms with Crippen LogP contribution in [0.1, 0.15) is 5.56 Å². The molecule has 2 aromatic heterocycles. The van der Waals surface area contributed by atoms with E-state index in [0.29, 0.717) is 5.82 Å². The zero-order chi connectivity index (χ0) is 9.80. The third-order valence-corrected chi connectivity index (χ3v) is 3.48. The van der Waals surface area contributed by atoms with Crippen LogP contribution in [-0.2, 0) is 5.75 Å². The van der Waals surface area contributed by atoms with Gasteiger partial charge < -0.3 is 5.73 Å². The first kappa shape index (κ1) is 9.42. The molecule has 2 rings (SSSR count).